The number of carbonyl (C=O) groups is 1. The first kappa shape index (κ1) is 18.8. The molecule has 0 spiro atoms. The summed E-state index contributed by atoms with van der Waals surface area (Å²) in [5.41, 5.74) is 1.75. The van der Waals surface area contributed by atoms with Crippen molar-refractivity contribution < 1.29 is 14.3 Å². The number of nitrogens with zero attached hydrogens (tertiary/aromatic N) is 2. The molecule has 146 valence electrons. The molecule has 2 aliphatic heterocycles. The van der Waals surface area contributed by atoms with Crippen molar-refractivity contribution in [3.63, 3.8) is 0 Å². The summed E-state index contributed by atoms with van der Waals surface area (Å²) in [6.07, 6.45) is 4.31. The summed E-state index contributed by atoms with van der Waals surface area (Å²) in [5, 5.41) is 0.422. The van der Waals surface area contributed by atoms with Crippen LogP contribution in [0.1, 0.15) is 15.9 Å². The highest BCUT2D eigenvalue weighted by molar-refractivity contribution is 6.32. The Morgan fingerprint density at radius 2 is 1.79 bits per heavy atom. The van der Waals surface area contributed by atoms with Crippen LogP contribution in [-0.4, -0.2) is 61.6 Å². The fraction of sp³-hybridized carbons (Fsp3) is 0.318. The molecule has 0 aromatic heterocycles. The van der Waals surface area contributed by atoms with E-state index in [1.54, 1.807) is 12.1 Å². The van der Waals surface area contributed by atoms with E-state index in [9.17, 15) is 4.79 Å². The fourth-order valence-corrected chi connectivity index (χ4v) is 3.72. The number of hydrogen-bond donors (Lipinski definition) is 0. The lowest BCUT2D eigenvalue weighted by Gasteiger charge is -2.34. The number of ether oxygens (including phenoxy) is 2. The van der Waals surface area contributed by atoms with Crippen molar-refractivity contribution >= 4 is 23.6 Å². The van der Waals surface area contributed by atoms with Gasteiger partial charge in [-0.2, -0.15) is 0 Å². The molecule has 1 fully saturated rings. The van der Waals surface area contributed by atoms with Crippen molar-refractivity contribution in [1.82, 2.24) is 9.80 Å². The number of halogens is 1. The number of benzene rings is 2. The predicted molar refractivity (Wildman–Crippen MR) is 110 cm³/mol. The fourth-order valence-electron chi connectivity index (χ4n) is 3.45. The number of hydrogen-bond acceptors (Lipinski definition) is 4. The first-order valence-electron chi connectivity index (χ1n) is 9.53. The highest BCUT2D eigenvalue weighted by atomic mass is 35.5. The van der Waals surface area contributed by atoms with Crippen LogP contribution in [-0.2, 0) is 0 Å². The Balaban J connectivity index is 1.33. The molecular formula is C22H23ClN2O3. The highest BCUT2D eigenvalue weighted by Gasteiger charge is 2.25. The van der Waals surface area contributed by atoms with Crippen LogP contribution >= 0.6 is 11.6 Å². The molecule has 28 heavy (non-hydrogen) atoms. The van der Waals surface area contributed by atoms with Crippen molar-refractivity contribution in [2.45, 2.75) is 0 Å². The van der Waals surface area contributed by atoms with Gasteiger partial charge >= 0.3 is 0 Å². The molecule has 2 heterocycles. The highest BCUT2D eigenvalue weighted by Crippen LogP contribution is 2.38. The molecule has 0 saturated carbocycles. The average Bonchev–Trinajstić information content (AvgIpc) is 2.74. The molecule has 2 aromatic carbocycles. The third-order valence-electron chi connectivity index (χ3n) is 4.98. The van der Waals surface area contributed by atoms with E-state index >= 15 is 0 Å². The first-order valence-corrected chi connectivity index (χ1v) is 9.91. The standard InChI is InChI=1S/C22H23ClN2O3/c23-19-15-18(16-20-21(19)28-14-13-27-20)22(26)25-11-9-24(10-12-25)8-4-7-17-5-2-1-3-6-17/h1-7,15-16H,8-14H2/b7-4+. The Morgan fingerprint density at radius 3 is 2.57 bits per heavy atom. The maximum atomic E-state index is 12.9. The molecule has 2 aromatic rings. The second-order valence-electron chi connectivity index (χ2n) is 6.89. The number of rotatable bonds is 4. The number of fused-ring (bicyclic) bond motifs is 1. The van der Waals surface area contributed by atoms with Gasteiger partial charge in [-0.05, 0) is 17.7 Å². The van der Waals surface area contributed by atoms with E-state index in [1.807, 2.05) is 23.1 Å². The minimum atomic E-state index is -0.0154. The van der Waals surface area contributed by atoms with Crippen LogP contribution in [0.15, 0.2) is 48.5 Å². The summed E-state index contributed by atoms with van der Waals surface area (Å²) < 4.78 is 11.1. The van der Waals surface area contributed by atoms with Crippen LogP contribution in [0.5, 0.6) is 11.5 Å². The monoisotopic (exact) mass is 398 g/mol. The van der Waals surface area contributed by atoms with Crippen molar-refractivity contribution in [3.05, 3.63) is 64.7 Å². The Labute approximate surface area is 170 Å². The lowest BCUT2D eigenvalue weighted by Crippen LogP contribution is -2.48. The summed E-state index contributed by atoms with van der Waals surface area (Å²) in [6, 6.07) is 13.7. The minimum Gasteiger partial charge on any atom is -0.486 e. The van der Waals surface area contributed by atoms with Crippen molar-refractivity contribution in [3.8, 4) is 11.5 Å². The zero-order chi connectivity index (χ0) is 19.3. The van der Waals surface area contributed by atoms with Gasteiger partial charge < -0.3 is 14.4 Å². The maximum absolute atomic E-state index is 12.9. The van der Waals surface area contributed by atoms with Gasteiger partial charge in [0.05, 0.1) is 5.02 Å². The lowest BCUT2D eigenvalue weighted by atomic mass is 10.1. The number of piperazine rings is 1. The quantitative estimate of drug-likeness (QED) is 0.789. The van der Waals surface area contributed by atoms with Gasteiger partial charge in [-0.1, -0.05) is 54.1 Å². The normalized spacial score (nSPS) is 17.1. The smallest absolute Gasteiger partial charge is 0.254 e. The van der Waals surface area contributed by atoms with Gasteiger partial charge in [0.15, 0.2) is 11.5 Å². The predicted octanol–water partition coefficient (Wildman–Crippen LogP) is 3.58. The molecular weight excluding hydrogens is 376 g/mol. The van der Waals surface area contributed by atoms with Crippen LogP contribution in [0, 0.1) is 0 Å². The molecule has 0 atom stereocenters. The zero-order valence-corrected chi connectivity index (χ0v) is 16.4. The Hall–Kier alpha value is -2.50. The Morgan fingerprint density at radius 1 is 1.04 bits per heavy atom. The molecule has 4 rings (SSSR count). The molecule has 0 N–H and O–H groups in total. The van der Waals surface area contributed by atoms with Crippen LogP contribution in [0.2, 0.25) is 5.02 Å². The van der Waals surface area contributed by atoms with E-state index in [2.05, 4.69) is 29.2 Å². The van der Waals surface area contributed by atoms with Gasteiger partial charge in [0.2, 0.25) is 0 Å². The Kier molecular flexibility index (Phi) is 5.84. The third-order valence-corrected chi connectivity index (χ3v) is 5.26. The van der Waals surface area contributed by atoms with Gasteiger partial charge in [0.25, 0.3) is 5.91 Å². The summed E-state index contributed by atoms with van der Waals surface area (Å²) >= 11 is 6.27. The van der Waals surface area contributed by atoms with Gasteiger partial charge in [-0.15, -0.1) is 0 Å². The van der Waals surface area contributed by atoms with Crippen LogP contribution < -0.4 is 9.47 Å². The van der Waals surface area contributed by atoms with Crippen LogP contribution in [0.3, 0.4) is 0 Å². The molecule has 0 aliphatic carbocycles. The van der Waals surface area contributed by atoms with Crippen LogP contribution in [0.25, 0.3) is 6.08 Å². The van der Waals surface area contributed by atoms with E-state index in [0.29, 0.717) is 48.4 Å². The van der Waals surface area contributed by atoms with Gasteiger partial charge in [0.1, 0.15) is 13.2 Å². The van der Waals surface area contributed by atoms with E-state index in [0.717, 1.165) is 19.6 Å². The van der Waals surface area contributed by atoms with Gasteiger partial charge in [0, 0.05) is 38.3 Å². The SMILES string of the molecule is O=C(c1cc(Cl)c2c(c1)OCCO2)N1CCN(C/C=C/c2ccccc2)CC1. The number of amides is 1. The molecule has 0 bridgehead atoms. The van der Waals surface area contributed by atoms with Crippen LogP contribution in [0.4, 0.5) is 0 Å². The van der Waals surface area contributed by atoms with E-state index in [1.165, 1.54) is 5.56 Å². The molecule has 1 amide bonds. The summed E-state index contributed by atoms with van der Waals surface area (Å²) in [7, 11) is 0. The van der Waals surface area contributed by atoms with Crippen molar-refractivity contribution in [2.24, 2.45) is 0 Å². The average molecular weight is 399 g/mol. The number of carbonyl (C=O) groups excluding carboxylic acids is 1. The molecule has 0 radical (unpaired) electrons. The first-order chi connectivity index (χ1) is 13.7. The molecule has 1 saturated heterocycles. The van der Waals surface area contributed by atoms with Crippen molar-refractivity contribution in [2.75, 3.05) is 45.9 Å². The van der Waals surface area contributed by atoms with Gasteiger partial charge in [-0.3, -0.25) is 9.69 Å². The summed E-state index contributed by atoms with van der Waals surface area (Å²) in [6.45, 7) is 4.92. The molecule has 0 unspecified atom stereocenters. The summed E-state index contributed by atoms with van der Waals surface area (Å²) in [5.74, 6) is 1.06. The molecule has 5 nitrogen and oxygen atoms in total. The van der Waals surface area contributed by atoms with Gasteiger partial charge in [-0.25, -0.2) is 0 Å². The second-order valence-corrected chi connectivity index (χ2v) is 7.30. The summed E-state index contributed by atoms with van der Waals surface area (Å²) in [4.78, 5) is 17.1. The molecule has 6 heteroatoms. The van der Waals surface area contributed by atoms with E-state index in [-0.39, 0.29) is 5.91 Å². The zero-order valence-electron chi connectivity index (χ0n) is 15.6. The topological polar surface area (TPSA) is 42.0 Å². The van der Waals surface area contributed by atoms with E-state index in [4.69, 9.17) is 21.1 Å². The minimum absolute atomic E-state index is 0.0154. The third kappa shape index (κ3) is 4.32. The second kappa shape index (κ2) is 8.67. The maximum Gasteiger partial charge on any atom is 0.254 e. The van der Waals surface area contributed by atoms with Crippen molar-refractivity contribution in [1.29, 1.82) is 0 Å². The largest absolute Gasteiger partial charge is 0.486 e. The Bertz CT molecular complexity index is 862. The van der Waals surface area contributed by atoms with E-state index < -0.39 is 0 Å². The lowest BCUT2D eigenvalue weighted by molar-refractivity contribution is 0.0649. The molecule has 2 aliphatic rings.